The molecule has 7 atom stereocenters. The Balaban J connectivity index is 1.76. The molecule has 0 bridgehead atoms. The third kappa shape index (κ3) is 1.80. The summed E-state index contributed by atoms with van der Waals surface area (Å²) in [5, 5.41) is 0. The Morgan fingerprint density at radius 1 is 1.00 bits per heavy atom. The van der Waals surface area contributed by atoms with Gasteiger partial charge in [-0.05, 0) is 85.4 Å². The molecule has 3 fully saturated rings. The van der Waals surface area contributed by atoms with Crippen molar-refractivity contribution in [3.05, 3.63) is 11.6 Å². The summed E-state index contributed by atoms with van der Waals surface area (Å²) in [6.07, 6.45) is 14.4. The van der Waals surface area contributed by atoms with E-state index in [1.54, 1.807) is 0 Å². The molecule has 3 saturated carbocycles. The minimum atomic E-state index is 0.541. The van der Waals surface area contributed by atoms with Crippen LogP contribution in [-0.2, 0) is 0 Å². The summed E-state index contributed by atoms with van der Waals surface area (Å²) >= 11 is 0. The molecule has 0 amide bonds. The predicted octanol–water partition coefficient (Wildman–Crippen LogP) is 6.22. The van der Waals surface area contributed by atoms with Crippen LogP contribution in [-0.4, -0.2) is 0 Å². The van der Waals surface area contributed by atoms with E-state index in [0.29, 0.717) is 10.8 Å². The Hall–Kier alpha value is -0.260. The van der Waals surface area contributed by atoms with Gasteiger partial charge in [0.2, 0.25) is 0 Å². The summed E-state index contributed by atoms with van der Waals surface area (Å²) in [5.74, 6) is 4.89. The Bertz CT molecular complexity index is 461. The zero-order chi connectivity index (χ0) is 14.8. The quantitative estimate of drug-likeness (QED) is 0.464. The zero-order valence-corrected chi connectivity index (χ0v) is 14.6. The van der Waals surface area contributed by atoms with Crippen LogP contribution in [0.15, 0.2) is 11.6 Å². The molecule has 4 aliphatic rings. The van der Waals surface area contributed by atoms with Crippen molar-refractivity contribution in [3.8, 4) is 0 Å². The molecule has 0 saturated heterocycles. The van der Waals surface area contributed by atoms with Gasteiger partial charge in [0.15, 0.2) is 0 Å². The molecule has 0 aromatic carbocycles. The second kappa shape index (κ2) is 4.62. The standard InChI is InChI=1S/C21H34/c1-14-13-16-8-5-7-15(2)21(16,4)18-10-12-20(3)11-6-9-17(20)19(14)18/h8,14-15,17-19H,5-7,9-13H2,1-4H3/t14-,15+,17+,18+,19+,20+,21+/m1/s1. The molecule has 0 heterocycles. The zero-order valence-electron chi connectivity index (χ0n) is 14.6. The van der Waals surface area contributed by atoms with Crippen LogP contribution in [0.3, 0.4) is 0 Å². The third-order valence-corrected chi connectivity index (χ3v) is 8.79. The van der Waals surface area contributed by atoms with E-state index in [0.717, 1.165) is 29.6 Å². The van der Waals surface area contributed by atoms with Crippen molar-refractivity contribution in [2.24, 2.45) is 40.4 Å². The summed E-state index contributed by atoms with van der Waals surface area (Å²) in [5.41, 5.74) is 3.10. The first-order valence-corrected chi connectivity index (χ1v) is 9.66. The van der Waals surface area contributed by atoms with E-state index in [-0.39, 0.29) is 0 Å². The number of hydrogen-bond donors (Lipinski definition) is 0. The maximum Gasteiger partial charge on any atom is -0.00595 e. The highest BCUT2D eigenvalue weighted by atomic mass is 14.6. The second-order valence-corrected chi connectivity index (χ2v) is 9.55. The number of hydrogen-bond acceptors (Lipinski definition) is 0. The fraction of sp³-hybridized carbons (Fsp3) is 0.905. The second-order valence-electron chi connectivity index (χ2n) is 9.55. The van der Waals surface area contributed by atoms with Gasteiger partial charge in [-0.2, -0.15) is 0 Å². The van der Waals surface area contributed by atoms with Gasteiger partial charge in [0.1, 0.15) is 0 Å². The average Bonchev–Trinajstić information content (AvgIpc) is 2.83. The summed E-state index contributed by atoms with van der Waals surface area (Å²) in [6, 6.07) is 0. The SMILES string of the molecule is C[C@@H]1CC2=CCC[C@H](C)[C@]2(C)[C@H]2CC[C@]3(C)CCC[C@H]3[C@H]12. The van der Waals surface area contributed by atoms with E-state index in [1.807, 2.05) is 5.57 Å². The van der Waals surface area contributed by atoms with Crippen LogP contribution < -0.4 is 0 Å². The minimum Gasteiger partial charge on any atom is -0.0847 e. The fourth-order valence-electron chi connectivity index (χ4n) is 7.41. The molecule has 0 spiro atoms. The Morgan fingerprint density at radius 3 is 2.62 bits per heavy atom. The maximum absolute atomic E-state index is 2.66. The molecule has 21 heavy (non-hydrogen) atoms. The minimum absolute atomic E-state index is 0.541. The molecule has 0 radical (unpaired) electrons. The van der Waals surface area contributed by atoms with Crippen LogP contribution in [0.5, 0.6) is 0 Å². The monoisotopic (exact) mass is 286 g/mol. The Morgan fingerprint density at radius 2 is 1.81 bits per heavy atom. The van der Waals surface area contributed by atoms with Crippen LogP contribution >= 0.6 is 0 Å². The van der Waals surface area contributed by atoms with Gasteiger partial charge in [0.05, 0.1) is 0 Å². The molecular weight excluding hydrogens is 252 g/mol. The van der Waals surface area contributed by atoms with Gasteiger partial charge >= 0.3 is 0 Å². The van der Waals surface area contributed by atoms with Gasteiger partial charge in [-0.15, -0.1) is 0 Å². The molecule has 0 unspecified atom stereocenters. The predicted molar refractivity (Wildman–Crippen MR) is 90.0 cm³/mol. The van der Waals surface area contributed by atoms with E-state index < -0.39 is 0 Å². The van der Waals surface area contributed by atoms with Crippen LogP contribution in [0.25, 0.3) is 0 Å². The van der Waals surface area contributed by atoms with Crippen molar-refractivity contribution >= 4 is 0 Å². The van der Waals surface area contributed by atoms with Gasteiger partial charge in [-0.25, -0.2) is 0 Å². The third-order valence-electron chi connectivity index (χ3n) is 8.79. The van der Waals surface area contributed by atoms with Gasteiger partial charge in [0, 0.05) is 0 Å². The molecule has 0 N–H and O–H groups in total. The topological polar surface area (TPSA) is 0 Å². The summed E-state index contributed by atoms with van der Waals surface area (Å²) in [6.45, 7) is 10.4. The first kappa shape index (κ1) is 14.3. The van der Waals surface area contributed by atoms with Crippen LogP contribution in [0, 0.1) is 40.4 Å². The fourth-order valence-corrected chi connectivity index (χ4v) is 7.41. The highest BCUT2D eigenvalue weighted by Gasteiger charge is 2.59. The molecule has 0 aromatic heterocycles. The van der Waals surface area contributed by atoms with Crippen molar-refractivity contribution in [3.63, 3.8) is 0 Å². The lowest BCUT2D eigenvalue weighted by Crippen LogP contribution is -2.53. The van der Waals surface area contributed by atoms with E-state index in [1.165, 1.54) is 51.4 Å². The molecule has 0 aliphatic heterocycles. The molecule has 4 aliphatic carbocycles. The van der Waals surface area contributed by atoms with Crippen LogP contribution in [0.4, 0.5) is 0 Å². The summed E-state index contributed by atoms with van der Waals surface area (Å²) in [7, 11) is 0. The number of fused-ring (bicyclic) bond motifs is 5. The molecule has 118 valence electrons. The Kier molecular flexibility index (Phi) is 3.15. The van der Waals surface area contributed by atoms with Crippen molar-refractivity contribution in [2.45, 2.75) is 79.1 Å². The van der Waals surface area contributed by atoms with Gasteiger partial charge < -0.3 is 0 Å². The van der Waals surface area contributed by atoms with E-state index in [4.69, 9.17) is 0 Å². The van der Waals surface area contributed by atoms with Crippen LogP contribution in [0.2, 0.25) is 0 Å². The first-order chi connectivity index (χ1) is 9.97. The van der Waals surface area contributed by atoms with Gasteiger partial charge in [0.25, 0.3) is 0 Å². The highest BCUT2D eigenvalue weighted by Crippen LogP contribution is 2.67. The summed E-state index contributed by atoms with van der Waals surface area (Å²) < 4.78 is 0. The average molecular weight is 287 g/mol. The lowest BCUT2D eigenvalue weighted by molar-refractivity contribution is -0.0782. The van der Waals surface area contributed by atoms with E-state index >= 15 is 0 Å². The summed E-state index contributed by atoms with van der Waals surface area (Å²) in [4.78, 5) is 0. The Labute approximate surface area is 131 Å². The van der Waals surface area contributed by atoms with Crippen molar-refractivity contribution < 1.29 is 0 Å². The first-order valence-electron chi connectivity index (χ1n) is 9.66. The number of allylic oxidation sites excluding steroid dienone is 2. The molecule has 4 rings (SSSR count). The largest absolute Gasteiger partial charge is 0.0847 e. The molecule has 0 aromatic rings. The van der Waals surface area contributed by atoms with Crippen LogP contribution in [0.1, 0.15) is 79.1 Å². The van der Waals surface area contributed by atoms with E-state index in [2.05, 4.69) is 33.8 Å². The van der Waals surface area contributed by atoms with Crippen molar-refractivity contribution in [1.29, 1.82) is 0 Å². The van der Waals surface area contributed by atoms with E-state index in [9.17, 15) is 0 Å². The molecule has 0 nitrogen and oxygen atoms in total. The lowest BCUT2D eigenvalue weighted by Gasteiger charge is -2.61. The van der Waals surface area contributed by atoms with Gasteiger partial charge in [-0.1, -0.05) is 45.8 Å². The normalized spacial score (nSPS) is 56.2. The van der Waals surface area contributed by atoms with Crippen molar-refractivity contribution in [2.75, 3.05) is 0 Å². The molecular formula is C21H34. The van der Waals surface area contributed by atoms with Crippen molar-refractivity contribution in [1.82, 2.24) is 0 Å². The lowest BCUT2D eigenvalue weighted by atomic mass is 9.43. The highest BCUT2D eigenvalue weighted by molar-refractivity contribution is 5.26. The molecule has 0 heteroatoms. The smallest absolute Gasteiger partial charge is 0.00595 e. The maximum atomic E-state index is 2.66. The number of rotatable bonds is 0. The van der Waals surface area contributed by atoms with Gasteiger partial charge in [-0.3, -0.25) is 0 Å².